The lowest BCUT2D eigenvalue weighted by Crippen LogP contribution is -2.43. The van der Waals surface area contributed by atoms with Gasteiger partial charge >= 0.3 is 0 Å². The third-order valence-corrected chi connectivity index (χ3v) is 4.12. The van der Waals surface area contributed by atoms with Crippen molar-refractivity contribution >= 4 is 0 Å². The summed E-state index contributed by atoms with van der Waals surface area (Å²) >= 11 is 0. The minimum Gasteiger partial charge on any atom is -0.311 e. The smallest absolute Gasteiger partial charge is 0.0672 e. The zero-order valence-corrected chi connectivity index (χ0v) is 10.3. The minimum atomic E-state index is 0.255. The molecule has 1 saturated heterocycles. The Balaban J connectivity index is 1.72. The fourth-order valence-corrected chi connectivity index (χ4v) is 2.99. The first-order valence-corrected chi connectivity index (χ1v) is 6.68. The molecule has 0 bridgehead atoms. The molecule has 2 rings (SSSR count). The van der Waals surface area contributed by atoms with Gasteiger partial charge in [0, 0.05) is 18.6 Å². The Morgan fingerprint density at radius 2 is 2.06 bits per heavy atom. The number of nitrogens with one attached hydrogen (secondary N) is 1. The monoisotopic (exact) mass is 221 g/mol. The molecule has 3 nitrogen and oxygen atoms in total. The molecule has 0 radical (unpaired) electrons. The quantitative estimate of drug-likeness (QED) is 0.786. The summed E-state index contributed by atoms with van der Waals surface area (Å²) in [5.41, 5.74) is 0. The van der Waals surface area contributed by atoms with Crippen LogP contribution < -0.4 is 5.32 Å². The van der Waals surface area contributed by atoms with Crippen molar-refractivity contribution in [3.8, 4) is 6.07 Å². The van der Waals surface area contributed by atoms with Crippen LogP contribution in [0.25, 0.3) is 0 Å². The van der Waals surface area contributed by atoms with Crippen molar-refractivity contribution in [1.29, 1.82) is 5.26 Å². The van der Waals surface area contributed by atoms with Gasteiger partial charge in [0.05, 0.1) is 12.0 Å². The number of rotatable bonds is 4. The lowest BCUT2D eigenvalue weighted by Gasteiger charge is -2.26. The molecule has 1 saturated carbocycles. The molecule has 0 aromatic heterocycles. The SMILES string of the molecule is CC(CNC1CCCC1C#N)N1CCCC1. The van der Waals surface area contributed by atoms with Crippen LogP contribution in [0, 0.1) is 17.2 Å². The zero-order valence-electron chi connectivity index (χ0n) is 10.3. The van der Waals surface area contributed by atoms with E-state index in [0.717, 1.165) is 13.0 Å². The van der Waals surface area contributed by atoms with Gasteiger partial charge < -0.3 is 5.32 Å². The minimum absolute atomic E-state index is 0.255. The van der Waals surface area contributed by atoms with Gasteiger partial charge in [0.2, 0.25) is 0 Å². The number of hydrogen-bond acceptors (Lipinski definition) is 3. The molecule has 16 heavy (non-hydrogen) atoms. The molecule has 1 aliphatic heterocycles. The van der Waals surface area contributed by atoms with Crippen molar-refractivity contribution in [2.75, 3.05) is 19.6 Å². The molecule has 3 unspecified atom stereocenters. The summed E-state index contributed by atoms with van der Waals surface area (Å²) in [7, 11) is 0. The second-order valence-electron chi connectivity index (χ2n) is 5.27. The van der Waals surface area contributed by atoms with Crippen molar-refractivity contribution in [2.45, 2.75) is 51.1 Å². The maximum Gasteiger partial charge on any atom is 0.0672 e. The fourth-order valence-electron chi connectivity index (χ4n) is 2.99. The van der Waals surface area contributed by atoms with Crippen LogP contribution in [-0.4, -0.2) is 36.6 Å². The van der Waals surface area contributed by atoms with Crippen molar-refractivity contribution < 1.29 is 0 Å². The van der Waals surface area contributed by atoms with Gasteiger partial charge in [-0.1, -0.05) is 6.42 Å². The highest BCUT2D eigenvalue weighted by molar-refractivity contribution is 4.96. The van der Waals surface area contributed by atoms with Crippen LogP contribution >= 0.6 is 0 Å². The van der Waals surface area contributed by atoms with Gasteiger partial charge in [-0.3, -0.25) is 4.90 Å². The molecule has 1 N–H and O–H groups in total. The van der Waals surface area contributed by atoms with E-state index in [2.05, 4.69) is 23.2 Å². The third-order valence-electron chi connectivity index (χ3n) is 4.12. The van der Waals surface area contributed by atoms with Crippen LogP contribution in [-0.2, 0) is 0 Å². The lowest BCUT2D eigenvalue weighted by molar-refractivity contribution is 0.243. The first-order valence-electron chi connectivity index (χ1n) is 6.68. The second-order valence-corrected chi connectivity index (χ2v) is 5.27. The Morgan fingerprint density at radius 3 is 2.75 bits per heavy atom. The van der Waals surface area contributed by atoms with E-state index in [1.165, 1.54) is 38.8 Å². The van der Waals surface area contributed by atoms with Crippen LogP contribution in [0.5, 0.6) is 0 Å². The number of hydrogen-bond donors (Lipinski definition) is 1. The molecule has 3 heteroatoms. The summed E-state index contributed by atoms with van der Waals surface area (Å²) in [6.07, 6.45) is 6.20. The molecular weight excluding hydrogens is 198 g/mol. The Hall–Kier alpha value is -0.590. The Morgan fingerprint density at radius 1 is 1.31 bits per heavy atom. The van der Waals surface area contributed by atoms with Crippen molar-refractivity contribution in [3.63, 3.8) is 0 Å². The van der Waals surface area contributed by atoms with Gasteiger partial charge in [0.25, 0.3) is 0 Å². The van der Waals surface area contributed by atoms with Crippen molar-refractivity contribution in [3.05, 3.63) is 0 Å². The van der Waals surface area contributed by atoms with E-state index in [1.807, 2.05) is 0 Å². The van der Waals surface area contributed by atoms with Gasteiger partial charge in [-0.2, -0.15) is 5.26 Å². The average molecular weight is 221 g/mol. The second kappa shape index (κ2) is 5.65. The van der Waals surface area contributed by atoms with E-state index >= 15 is 0 Å². The van der Waals surface area contributed by atoms with E-state index in [1.54, 1.807) is 0 Å². The highest BCUT2D eigenvalue weighted by Gasteiger charge is 2.27. The van der Waals surface area contributed by atoms with Crippen LogP contribution in [0.3, 0.4) is 0 Å². The fraction of sp³-hybridized carbons (Fsp3) is 0.923. The van der Waals surface area contributed by atoms with Crippen LogP contribution in [0.15, 0.2) is 0 Å². The Bertz CT molecular complexity index is 252. The standard InChI is InChI=1S/C13H23N3/c1-11(16-7-2-3-8-16)10-15-13-6-4-5-12(13)9-14/h11-13,15H,2-8,10H2,1H3. The summed E-state index contributed by atoms with van der Waals surface area (Å²) < 4.78 is 0. The highest BCUT2D eigenvalue weighted by Crippen LogP contribution is 2.24. The van der Waals surface area contributed by atoms with E-state index in [-0.39, 0.29) is 5.92 Å². The summed E-state index contributed by atoms with van der Waals surface area (Å²) in [6, 6.07) is 3.51. The maximum absolute atomic E-state index is 9.01. The predicted octanol–water partition coefficient (Wildman–Crippen LogP) is 1.75. The third kappa shape index (κ3) is 2.75. The molecule has 2 fully saturated rings. The lowest BCUT2D eigenvalue weighted by atomic mass is 10.1. The Kier molecular flexibility index (Phi) is 4.20. The molecule has 0 aromatic rings. The molecule has 1 heterocycles. The molecule has 90 valence electrons. The highest BCUT2D eigenvalue weighted by atomic mass is 15.2. The van der Waals surface area contributed by atoms with E-state index in [4.69, 9.17) is 5.26 Å². The summed E-state index contributed by atoms with van der Waals surface area (Å²) in [5.74, 6) is 0.255. The van der Waals surface area contributed by atoms with Crippen LogP contribution in [0.1, 0.15) is 39.0 Å². The topological polar surface area (TPSA) is 39.1 Å². The molecule has 0 amide bonds. The first kappa shape index (κ1) is 11.9. The van der Waals surface area contributed by atoms with Crippen LogP contribution in [0.2, 0.25) is 0 Å². The van der Waals surface area contributed by atoms with Gasteiger partial charge in [-0.15, -0.1) is 0 Å². The molecular formula is C13H23N3. The van der Waals surface area contributed by atoms with Crippen LogP contribution in [0.4, 0.5) is 0 Å². The molecule has 3 atom stereocenters. The molecule has 0 aromatic carbocycles. The number of nitriles is 1. The molecule has 1 aliphatic carbocycles. The predicted molar refractivity (Wildman–Crippen MR) is 65.0 cm³/mol. The van der Waals surface area contributed by atoms with E-state index in [9.17, 15) is 0 Å². The van der Waals surface area contributed by atoms with Gasteiger partial charge in [-0.05, 0) is 45.7 Å². The zero-order chi connectivity index (χ0) is 11.4. The summed E-state index contributed by atoms with van der Waals surface area (Å²) in [6.45, 7) is 5.86. The van der Waals surface area contributed by atoms with E-state index in [0.29, 0.717) is 12.1 Å². The van der Waals surface area contributed by atoms with Gasteiger partial charge in [-0.25, -0.2) is 0 Å². The molecule has 2 aliphatic rings. The normalized spacial score (nSPS) is 32.8. The van der Waals surface area contributed by atoms with Gasteiger partial charge in [0.15, 0.2) is 0 Å². The maximum atomic E-state index is 9.01. The largest absolute Gasteiger partial charge is 0.311 e. The summed E-state index contributed by atoms with van der Waals surface area (Å²) in [4.78, 5) is 2.56. The van der Waals surface area contributed by atoms with Crippen molar-refractivity contribution in [2.24, 2.45) is 5.92 Å². The Labute approximate surface area is 98.8 Å². The number of likely N-dealkylation sites (tertiary alicyclic amines) is 1. The first-order chi connectivity index (χ1) is 7.81. The molecule has 0 spiro atoms. The summed E-state index contributed by atoms with van der Waals surface area (Å²) in [5, 5.41) is 12.6. The average Bonchev–Trinajstić information content (AvgIpc) is 2.96. The van der Waals surface area contributed by atoms with Crippen molar-refractivity contribution in [1.82, 2.24) is 10.2 Å². The van der Waals surface area contributed by atoms with Gasteiger partial charge in [0.1, 0.15) is 0 Å². The number of nitrogens with zero attached hydrogens (tertiary/aromatic N) is 2. The van der Waals surface area contributed by atoms with E-state index < -0.39 is 0 Å².